The third-order valence-corrected chi connectivity index (χ3v) is 19.0. The van der Waals surface area contributed by atoms with E-state index in [1.165, 1.54) is 148 Å². The lowest BCUT2D eigenvalue weighted by atomic mass is 10.00. The Morgan fingerprint density at radius 2 is 0.628 bits per heavy atom. The fraction of sp³-hybridized carbons (Fsp3) is 0.893. The van der Waals surface area contributed by atoms with Crippen LogP contribution in [0.3, 0.4) is 0 Å². The van der Waals surface area contributed by atoms with Crippen molar-refractivity contribution in [3.63, 3.8) is 0 Å². The number of rotatable bonds is 71. The lowest BCUT2D eigenvalue weighted by molar-refractivity contribution is -0.161. The van der Waals surface area contributed by atoms with E-state index in [9.17, 15) is 43.2 Å². The van der Waals surface area contributed by atoms with Crippen LogP contribution < -0.4 is 0 Å². The van der Waals surface area contributed by atoms with Crippen molar-refractivity contribution >= 4 is 39.5 Å². The summed E-state index contributed by atoms with van der Waals surface area (Å²) in [7, 11) is -9.92. The van der Waals surface area contributed by atoms with Crippen LogP contribution in [0, 0.1) is 17.8 Å². The van der Waals surface area contributed by atoms with Crippen molar-refractivity contribution in [3.05, 3.63) is 24.3 Å². The Morgan fingerprint density at radius 3 is 0.947 bits per heavy atom. The van der Waals surface area contributed by atoms with Crippen molar-refractivity contribution in [2.24, 2.45) is 17.8 Å². The normalized spacial score (nSPS) is 14.6. The van der Waals surface area contributed by atoms with Gasteiger partial charge in [-0.3, -0.25) is 37.3 Å². The number of hydrogen-bond acceptors (Lipinski definition) is 15. The van der Waals surface area contributed by atoms with Gasteiger partial charge in [-0.05, 0) is 69.1 Å². The first kappa shape index (κ1) is 91.5. The van der Waals surface area contributed by atoms with E-state index in [1.54, 1.807) is 0 Å². The third kappa shape index (κ3) is 66.8. The summed E-state index contributed by atoms with van der Waals surface area (Å²) in [5.74, 6) is 0.112. The van der Waals surface area contributed by atoms with Gasteiger partial charge < -0.3 is 33.8 Å². The molecular weight excluding hydrogens is 1230 g/mol. The Morgan fingerprint density at radius 1 is 0.351 bits per heavy atom. The topological polar surface area (TPSA) is 237 Å². The maximum atomic E-state index is 13.1. The zero-order valence-corrected chi connectivity index (χ0v) is 62.7. The molecule has 0 radical (unpaired) electrons. The number of carbonyl (C=O) groups excluding carboxylic acids is 4. The molecule has 0 saturated carbocycles. The molecule has 0 amide bonds. The number of esters is 4. The van der Waals surface area contributed by atoms with E-state index in [4.69, 9.17) is 37.0 Å². The second-order valence-corrected chi connectivity index (χ2v) is 30.5. The summed E-state index contributed by atoms with van der Waals surface area (Å²) in [6.45, 7) is 11.8. The summed E-state index contributed by atoms with van der Waals surface area (Å²) >= 11 is 0. The highest BCUT2D eigenvalue weighted by Crippen LogP contribution is 2.45. The maximum Gasteiger partial charge on any atom is 0.472 e. The van der Waals surface area contributed by atoms with E-state index in [0.29, 0.717) is 25.7 Å². The van der Waals surface area contributed by atoms with Crippen LogP contribution in [0.25, 0.3) is 0 Å². The van der Waals surface area contributed by atoms with Gasteiger partial charge in [-0.15, -0.1) is 0 Å². The summed E-state index contributed by atoms with van der Waals surface area (Å²) in [6.07, 6.45) is 53.5. The van der Waals surface area contributed by atoms with Gasteiger partial charge in [0.25, 0.3) is 0 Å². The number of allylic oxidation sites excluding steroid dienone is 4. The molecule has 0 aromatic rings. The first-order chi connectivity index (χ1) is 45.3. The number of hydrogen-bond donors (Lipinski definition) is 3. The van der Waals surface area contributed by atoms with Gasteiger partial charge in [0.05, 0.1) is 26.4 Å². The highest BCUT2D eigenvalue weighted by atomic mass is 31.2. The van der Waals surface area contributed by atoms with Gasteiger partial charge in [0.15, 0.2) is 12.2 Å². The highest BCUT2D eigenvalue weighted by Gasteiger charge is 2.30. The number of phosphoric acid groups is 2. The van der Waals surface area contributed by atoms with Gasteiger partial charge in [-0.1, -0.05) is 304 Å². The first-order valence-corrected chi connectivity index (χ1v) is 41.2. The van der Waals surface area contributed by atoms with Crippen molar-refractivity contribution in [3.8, 4) is 0 Å². The summed E-state index contributed by atoms with van der Waals surface area (Å²) in [5, 5.41) is 10.6. The molecule has 554 valence electrons. The summed E-state index contributed by atoms with van der Waals surface area (Å²) in [5.41, 5.74) is 0. The molecule has 17 nitrogen and oxygen atoms in total. The Bertz CT molecular complexity index is 1930. The van der Waals surface area contributed by atoms with Crippen LogP contribution in [-0.4, -0.2) is 96.7 Å². The minimum Gasteiger partial charge on any atom is -0.462 e. The molecule has 19 heteroatoms. The minimum absolute atomic E-state index is 0.0838. The zero-order chi connectivity index (χ0) is 69.4. The molecule has 6 atom stereocenters. The number of phosphoric ester groups is 2. The molecule has 0 fully saturated rings. The van der Waals surface area contributed by atoms with E-state index in [0.717, 1.165) is 127 Å². The number of aliphatic hydroxyl groups excluding tert-OH is 1. The molecule has 0 heterocycles. The molecule has 0 aliphatic carbocycles. The van der Waals surface area contributed by atoms with Crippen LogP contribution in [0.5, 0.6) is 0 Å². The van der Waals surface area contributed by atoms with E-state index >= 15 is 0 Å². The quantitative estimate of drug-likeness (QED) is 0.0169. The van der Waals surface area contributed by atoms with E-state index in [2.05, 4.69) is 72.8 Å². The standard InChI is InChI=1S/C75H142O17P2/c1-8-10-11-12-13-14-15-16-17-21-24-29-35-44-51-59-75(80)92-71(63-86-73(78)57-50-43-38-37-41-48-55-68(7)9-2)65-90-94(83,84)88-61-69(76)60-87-93(81,82)89-64-70(62-85-72(77)56-49-42-34-31-26-28-33-40-47-54-67(5)6)91-74(79)58-52-45-36-30-25-22-19-18-20-23-27-32-39-46-53-66(3)4/h14-17,66-71,76H,8-13,18-65H2,1-7H3,(H,81,82)(H,83,84)/b15-14-,17-16-/t68?,69-,70-,71-/m1/s1. The first-order valence-electron chi connectivity index (χ1n) is 38.2. The van der Waals surface area contributed by atoms with E-state index in [-0.39, 0.29) is 25.7 Å². The fourth-order valence-corrected chi connectivity index (χ4v) is 12.4. The Hall–Kier alpha value is -2.46. The highest BCUT2D eigenvalue weighted by molar-refractivity contribution is 7.47. The minimum atomic E-state index is -4.96. The summed E-state index contributed by atoms with van der Waals surface area (Å²) in [6, 6.07) is 0. The Labute approximate surface area is 573 Å². The van der Waals surface area contributed by atoms with Crippen molar-refractivity contribution in [1.82, 2.24) is 0 Å². The fourth-order valence-electron chi connectivity index (χ4n) is 10.9. The van der Waals surface area contributed by atoms with Crippen molar-refractivity contribution < 1.29 is 80.2 Å². The molecule has 3 unspecified atom stereocenters. The second-order valence-electron chi connectivity index (χ2n) is 27.5. The van der Waals surface area contributed by atoms with Gasteiger partial charge in [-0.2, -0.15) is 0 Å². The van der Waals surface area contributed by atoms with E-state index < -0.39 is 97.5 Å². The Kier molecular flexibility index (Phi) is 63.5. The molecule has 0 aromatic carbocycles. The van der Waals surface area contributed by atoms with Gasteiger partial charge in [0.1, 0.15) is 19.3 Å². The number of ether oxygens (including phenoxy) is 4. The molecular formula is C75H142O17P2. The molecule has 3 N–H and O–H groups in total. The molecule has 94 heavy (non-hydrogen) atoms. The second kappa shape index (κ2) is 65.2. The molecule has 0 aliphatic rings. The summed E-state index contributed by atoms with van der Waals surface area (Å²) < 4.78 is 68.4. The van der Waals surface area contributed by atoms with Gasteiger partial charge >= 0.3 is 39.5 Å². The number of carbonyl (C=O) groups is 4. The molecule has 0 rings (SSSR count). The molecule has 0 aromatic heterocycles. The van der Waals surface area contributed by atoms with Crippen molar-refractivity contribution in [2.45, 2.75) is 375 Å². The molecule has 0 aliphatic heterocycles. The predicted molar refractivity (Wildman–Crippen MR) is 381 cm³/mol. The maximum absolute atomic E-state index is 13.1. The van der Waals surface area contributed by atoms with Crippen LogP contribution in [0.2, 0.25) is 0 Å². The molecule has 0 spiro atoms. The van der Waals surface area contributed by atoms with Gasteiger partial charge in [0.2, 0.25) is 0 Å². The Balaban J connectivity index is 5.28. The van der Waals surface area contributed by atoms with E-state index in [1.807, 2.05) is 0 Å². The van der Waals surface area contributed by atoms with Crippen molar-refractivity contribution in [2.75, 3.05) is 39.6 Å². The number of unbranched alkanes of at least 4 members (excludes halogenated alkanes) is 35. The lowest BCUT2D eigenvalue weighted by Crippen LogP contribution is -2.30. The van der Waals surface area contributed by atoms with Crippen LogP contribution in [0.15, 0.2) is 24.3 Å². The zero-order valence-electron chi connectivity index (χ0n) is 60.9. The third-order valence-electron chi connectivity index (χ3n) is 17.1. The molecule has 0 saturated heterocycles. The largest absolute Gasteiger partial charge is 0.472 e. The van der Waals surface area contributed by atoms with Crippen LogP contribution in [-0.2, 0) is 65.4 Å². The van der Waals surface area contributed by atoms with Gasteiger partial charge in [-0.25, -0.2) is 9.13 Å². The van der Waals surface area contributed by atoms with Crippen LogP contribution in [0.4, 0.5) is 0 Å². The summed E-state index contributed by atoms with van der Waals surface area (Å²) in [4.78, 5) is 72.7. The smallest absolute Gasteiger partial charge is 0.462 e. The predicted octanol–water partition coefficient (Wildman–Crippen LogP) is 21.3. The average Bonchev–Trinajstić information content (AvgIpc) is 1.31. The lowest BCUT2D eigenvalue weighted by Gasteiger charge is -2.21. The SMILES string of the molecule is CCCCCC/C=C\C=C/CCCCCCCC(=O)O[C@H](COC(=O)CCCCCCCCC(C)CC)COP(=O)(O)OC[C@H](O)COP(=O)(O)OC[C@@H](COC(=O)CCCCCCCCCCCC(C)C)OC(=O)CCCCCCCCCCCCCCCCC(C)C. The van der Waals surface area contributed by atoms with Crippen LogP contribution in [0.1, 0.15) is 357 Å². The number of aliphatic hydroxyl groups is 1. The van der Waals surface area contributed by atoms with Crippen LogP contribution >= 0.6 is 15.6 Å². The monoisotopic (exact) mass is 1380 g/mol. The van der Waals surface area contributed by atoms with Crippen molar-refractivity contribution in [1.29, 1.82) is 0 Å². The average molecular weight is 1380 g/mol. The van der Waals surface area contributed by atoms with Gasteiger partial charge in [0, 0.05) is 25.7 Å². The molecule has 0 bridgehead atoms.